The molecule has 0 heterocycles. The Bertz CT molecular complexity index is 312. The van der Waals surface area contributed by atoms with Crippen molar-refractivity contribution in [3.8, 4) is 0 Å². The van der Waals surface area contributed by atoms with Crippen LogP contribution in [0, 0.1) is 10.5 Å². The van der Waals surface area contributed by atoms with E-state index in [1.165, 1.54) is 0 Å². The first-order valence-electron chi connectivity index (χ1n) is 3.49. The Morgan fingerprint density at radius 2 is 2.17 bits per heavy atom. The third kappa shape index (κ3) is 1.69. The first kappa shape index (κ1) is 10.1. The summed E-state index contributed by atoms with van der Waals surface area (Å²) in [5.41, 5.74) is 8.81. The first-order chi connectivity index (χ1) is 5.57. The Balaban J connectivity index is 3.40. The van der Waals surface area contributed by atoms with Gasteiger partial charge in [-0.1, -0.05) is 15.9 Å². The fourth-order valence-electron chi connectivity index (χ4n) is 0.991. The molecule has 0 fully saturated rings. The normalized spacial score (nSPS) is 10.0. The molecular formula is C8H10BrIN2. The molecule has 12 heavy (non-hydrogen) atoms. The summed E-state index contributed by atoms with van der Waals surface area (Å²) in [6.07, 6.45) is 0. The molecule has 0 amide bonds. The molecule has 1 rings (SSSR count). The standard InChI is InChI=1S/C8H10BrIN2/c1-4-5(9)3-6(10)8(12-2)7(4)11/h3,12H,11H2,1-2H3. The summed E-state index contributed by atoms with van der Waals surface area (Å²) in [5, 5.41) is 3.08. The fraction of sp³-hybridized carbons (Fsp3) is 0.250. The molecular weight excluding hydrogens is 331 g/mol. The maximum Gasteiger partial charge on any atom is 0.0710 e. The molecule has 0 saturated carbocycles. The monoisotopic (exact) mass is 340 g/mol. The zero-order chi connectivity index (χ0) is 9.30. The van der Waals surface area contributed by atoms with Gasteiger partial charge >= 0.3 is 0 Å². The summed E-state index contributed by atoms with van der Waals surface area (Å²) in [6, 6.07) is 2.05. The second-order valence-electron chi connectivity index (χ2n) is 2.50. The maximum atomic E-state index is 5.90. The molecule has 0 aliphatic heterocycles. The predicted molar refractivity (Wildman–Crippen MR) is 65.6 cm³/mol. The Morgan fingerprint density at radius 1 is 1.58 bits per heavy atom. The molecule has 0 aliphatic rings. The van der Waals surface area contributed by atoms with Crippen molar-refractivity contribution >= 4 is 49.9 Å². The van der Waals surface area contributed by atoms with Crippen molar-refractivity contribution in [1.29, 1.82) is 0 Å². The molecule has 66 valence electrons. The van der Waals surface area contributed by atoms with Crippen LogP contribution in [0.25, 0.3) is 0 Å². The zero-order valence-electron chi connectivity index (χ0n) is 6.91. The zero-order valence-corrected chi connectivity index (χ0v) is 10.7. The van der Waals surface area contributed by atoms with Crippen molar-refractivity contribution in [1.82, 2.24) is 0 Å². The van der Waals surface area contributed by atoms with E-state index in [9.17, 15) is 0 Å². The number of benzene rings is 1. The van der Waals surface area contributed by atoms with Crippen molar-refractivity contribution in [2.24, 2.45) is 0 Å². The first-order valence-corrected chi connectivity index (χ1v) is 5.37. The van der Waals surface area contributed by atoms with Crippen molar-refractivity contribution in [2.75, 3.05) is 18.1 Å². The van der Waals surface area contributed by atoms with Gasteiger partial charge in [-0.15, -0.1) is 0 Å². The molecule has 0 unspecified atom stereocenters. The molecule has 4 heteroatoms. The van der Waals surface area contributed by atoms with Crippen molar-refractivity contribution in [2.45, 2.75) is 6.92 Å². The minimum Gasteiger partial charge on any atom is -0.397 e. The summed E-state index contributed by atoms with van der Waals surface area (Å²) in [7, 11) is 1.88. The number of nitrogen functional groups attached to an aromatic ring is 1. The lowest BCUT2D eigenvalue weighted by Crippen LogP contribution is -2.01. The predicted octanol–water partition coefficient (Wildman–Crippen LogP) is 2.99. The highest BCUT2D eigenvalue weighted by molar-refractivity contribution is 14.1. The van der Waals surface area contributed by atoms with Crippen LogP contribution in [0.3, 0.4) is 0 Å². The van der Waals surface area contributed by atoms with Crippen LogP contribution in [-0.4, -0.2) is 7.05 Å². The summed E-state index contributed by atoms with van der Waals surface area (Å²) >= 11 is 5.70. The summed E-state index contributed by atoms with van der Waals surface area (Å²) in [4.78, 5) is 0. The van der Waals surface area contributed by atoms with Gasteiger partial charge in [0.25, 0.3) is 0 Å². The summed E-state index contributed by atoms with van der Waals surface area (Å²) < 4.78 is 2.19. The van der Waals surface area contributed by atoms with Crippen LogP contribution >= 0.6 is 38.5 Å². The number of nitrogens with one attached hydrogen (secondary N) is 1. The highest BCUT2D eigenvalue weighted by Crippen LogP contribution is 2.33. The highest BCUT2D eigenvalue weighted by Gasteiger charge is 2.08. The third-order valence-corrected chi connectivity index (χ3v) is 3.45. The van der Waals surface area contributed by atoms with Gasteiger partial charge in [-0.05, 0) is 41.1 Å². The molecule has 1 aromatic rings. The van der Waals surface area contributed by atoms with Crippen molar-refractivity contribution in [3.05, 3.63) is 19.7 Å². The third-order valence-electron chi connectivity index (χ3n) is 1.77. The minimum atomic E-state index is 0.816. The molecule has 0 saturated heterocycles. The fourth-order valence-corrected chi connectivity index (χ4v) is 2.73. The van der Waals surface area contributed by atoms with Gasteiger partial charge in [-0.25, -0.2) is 0 Å². The largest absolute Gasteiger partial charge is 0.397 e. The number of halogens is 2. The molecule has 0 atom stereocenters. The smallest absolute Gasteiger partial charge is 0.0710 e. The van der Waals surface area contributed by atoms with Crippen molar-refractivity contribution < 1.29 is 0 Å². The number of nitrogens with two attached hydrogens (primary N) is 1. The quantitative estimate of drug-likeness (QED) is 0.609. The van der Waals surface area contributed by atoms with Gasteiger partial charge in [0.2, 0.25) is 0 Å². The number of rotatable bonds is 1. The van der Waals surface area contributed by atoms with E-state index in [1.807, 2.05) is 14.0 Å². The highest BCUT2D eigenvalue weighted by atomic mass is 127. The van der Waals surface area contributed by atoms with Gasteiger partial charge in [0.1, 0.15) is 0 Å². The Hall–Kier alpha value is 0.0300. The summed E-state index contributed by atoms with van der Waals surface area (Å²) in [5.74, 6) is 0. The van der Waals surface area contributed by atoms with E-state index in [2.05, 4.69) is 49.9 Å². The molecule has 0 radical (unpaired) electrons. The lowest BCUT2D eigenvalue weighted by atomic mass is 10.2. The van der Waals surface area contributed by atoms with Crippen LogP contribution in [0.4, 0.5) is 11.4 Å². The second kappa shape index (κ2) is 3.83. The molecule has 0 bridgehead atoms. The van der Waals surface area contributed by atoms with E-state index >= 15 is 0 Å². The Kier molecular flexibility index (Phi) is 3.22. The topological polar surface area (TPSA) is 38.0 Å². The van der Waals surface area contributed by atoms with Gasteiger partial charge < -0.3 is 11.1 Å². The van der Waals surface area contributed by atoms with E-state index in [0.29, 0.717) is 0 Å². The van der Waals surface area contributed by atoms with Crippen LogP contribution in [0.5, 0.6) is 0 Å². The van der Waals surface area contributed by atoms with E-state index < -0.39 is 0 Å². The van der Waals surface area contributed by atoms with Crippen LogP contribution < -0.4 is 11.1 Å². The average molecular weight is 341 g/mol. The molecule has 2 nitrogen and oxygen atoms in total. The maximum absolute atomic E-state index is 5.90. The van der Waals surface area contributed by atoms with Gasteiger partial charge in [0.15, 0.2) is 0 Å². The summed E-state index contributed by atoms with van der Waals surface area (Å²) in [6.45, 7) is 2.00. The van der Waals surface area contributed by atoms with Gasteiger partial charge in [-0.3, -0.25) is 0 Å². The van der Waals surface area contributed by atoms with E-state index in [0.717, 1.165) is 25.0 Å². The Morgan fingerprint density at radius 3 is 2.67 bits per heavy atom. The van der Waals surface area contributed by atoms with Gasteiger partial charge in [0, 0.05) is 15.1 Å². The van der Waals surface area contributed by atoms with E-state index in [1.54, 1.807) is 0 Å². The number of anilines is 2. The minimum absolute atomic E-state index is 0.816. The lowest BCUT2D eigenvalue weighted by molar-refractivity contribution is 1.38. The lowest BCUT2D eigenvalue weighted by Gasteiger charge is -2.11. The van der Waals surface area contributed by atoms with E-state index in [-0.39, 0.29) is 0 Å². The van der Waals surface area contributed by atoms with Crippen LogP contribution in [0.1, 0.15) is 5.56 Å². The molecule has 1 aromatic carbocycles. The van der Waals surface area contributed by atoms with Crippen LogP contribution in [0.2, 0.25) is 0 Å². The SMILES string of the molecule is CNc1c(I)cc(Br)c(C)c1N. The molecule has 0 aliphatic carbocycles. The molecule has 0 aromatic heterocycles. The van der Waals surface area contributed by atoms with Gasteiger partial charge in [0.05, 0.1) is 11.4 Å². The Labute approximate surface area is 94.2 Å². The van der Waals surface area contributed by atoms with Crippen LogP contribution in [-0.2, 0) is 0 Å². The second-order valence-corrected chi connectivity index (χ2v) is 4.52. The average Bonchev–Trinajstić information content (AvgIpc) is 2.01. The molecule has 3 N–H and O–H groups in total. The van der Waals surface area contributed by atoms with Crippen LogP contribution in [0.15, 0.2) is 10.5 Å². The number of hydrogen-bond acceptors (Lipinski definition) is 2. The van der Waals surface area contributed by atoms with E-state index in [4.69, 9.17) is 5.73 Å². The van der Waals surface area contributed by atoms with Gasteiger partial charge in [-0.2, -0.15) is 0 Å². The van der Waals surface area contributed by atoms with Crippen molar-refractivity contribution in [3.63, 3.8) is 0 Å². The number of hydrogen-bond donors (Lipinski definition) is 2. The molecule has 0 spiro atoms.